The summed E-state index contributed by atoms with van der Waals surface area (Å²) in [6.07, 6.45) is 3.17. The lowest BCUT2D eigenvalue weighted by Crippen LogP contribution is -2.12. The number of aryl methyl sites for hydroxylation is 1. The van der Waals surface area contributed by atoms with Gasteiger partial charge in [0.2, 0.25) is 0 Å². The lowest BCUT2D eigenvalue weighted by molar-refractivity contribution is 0.0526. The number of carbonyl (C=O) groups is 1. The molecule has 0 spiro atoms. The van der Waals surface area contributed by atoms with Gasteiger partial charge in [0.05, 0.1) is 6.61 Å². The molecule has 126 valence electrons. The summed E-state index contributed by atoms with van der Waals surface area (Å²) in [5.74, 6) is 5.09. The minimum absolute atomic E-state index is 0.0700. The van der Waals surface area contributed by atoms with Gasteiger partial charge in [-0.3, -0.25) is 0 Å². The van der Waals surface area contributed by atoms with Crippen LogP contribution in [0.1, 0.15) is 34.8 Å². The van der Waals surface area contributed by atoms with Crippen molar-refractivity contribution in [3.8, 4) is 5.75 Å². The number of nitrogens with two attached hydrogens (primary N) is 1. The van der Waals surface area contributed by atoms with E-state index in [2.05, 4.69) is 21.2 Å². The average molecular weight is 348 g/mol. The summed E-state index contributed by atoms with van der Waals surface area (Å²) in [7, 11) is 0. The highest BCUT2D eigenvalue weighted by atomic mass is 35.5. The van der Waals surface area contributed by atoms with Crippen molar-refractivity contribution in [3.63, 3.8) is 0 Å². The van der Waals surface area contributed by atoms with Crippen LogP contribution >= 0.6 is 11.6 Å². The summed E-state index contributed by atoms with van der Waals surface area (Å²) in [6, 6.07) is 7.49. The Labute approximate surface area is 144 Å². The Kier molecular flexibility index (Phi) is 4.87. The zero-order chi connectivity index (χ0) is 17.1. The summed E-state index contributed by atoms with van der Waals surface area (Å²) < 4.78 is 5.08. The average Bonchev–Trinajstić information content (AvgIpc) is 3.05. The Morgan fingerprint density at radius 3 is 3.00 bits per heavy atom. The number of rotatable bonds is 5. The minimum Gasteiger partial charge on any atom is -0.462 e. The van der Waals surface area contributed by atoms with E-state index in [1.807, 2.05) is 12.1 Å². The van der Waals surface area contributed by atoms with Crippen molar-refractivity contribution in [1.82, 2.24) is 4.98 Å². The molecule has 1 aliphatic rings. The molecule has 3 N–H and O–H groups in total. The first-order valence-corrected chi connectivity index (χ1v) is 8.14. The maximum atomic E-state index is 12.2. The van der Waals surface area contributed by atoms with Gasteiger partial charge in [-0.05, 0) is 43.4 Å². The van der Waals surface area contributed by atoms with E-state index in [0.29, 0.717) is 5.82 Å². The van der Waals surface area contributed by atoms with Crippen molar-refractivity contribution in [2.24, 2.45) is 5.90 Å². The molecule has 24 heavy (non-hydrogen) atoms. The first-order valence-electron chi connectivity index (χ1n) is 7.76. The monoisotopic (exact) mass is 347 g/mol. The SMILES string of the molecule is CCOC(=O)c1cc(ON)c(Cl)nc1Nc1cccc2c1CCC2. The molecule has 1 aromatic carbocycles. The van der Waals surface area contributed by atoms with Crippen molar-refractivity contribution >= 4 is 29.1 Å². The number of fused-ring (bicyclic) bond motifs is 1. The van der Waals surface area contributed by atoms with E-state index in [0.717, 1.165) is 24.9 Å². The maximum Gasteiger partial charge on any atom is 0.342 e. The zero-order valence-corrected chi connectivity index (χ0v) is 14.0. The second kappa shape index (κ2) is 7.07. The minimum atomic E-state index is -0.518. The van der Waals surface area contributed by atoms with Crippen LogP contribution in [0.4, 0.5) is 11.5 Å². The normalized spacial score (nSPS) is 12.6. The highest BCUT2D eigenvalue weighted by Gasteiger charge is 2.21. The molecule has 0 aliphatic heterocycles. The van der Waals surface area contributed by atoms with Gasteiger partial charge in [0.25, 0.3) is 0 Å². The molecule has 3 rings (SSSR count). The van der Waals surface area contributed by atoms with Crippen LogP contribution in [0.5, 0.6) is 5.75 Å². The number of halogens is 1. The van der Waals surface area contributed by atoms with E-state index < -0.39 is 5.97 Å². The molecule has 6 nitrogen and oxygen atoms in total. The molecule has 0 bridgehead atoms. The number of nitrogens with zero attached hydrogens (tertiary/aromatic N) is 1. The highest BCUT2D eigenvalue weighted by Crippen LogP contribution is 2.33. The number of nitrogens with one attached hydrogen (secondary N) is 1. The van der Waals surface area contributed by atoms with Gasteiger partial charge in [-0.2, -0.15) is 5.90 Å². The van der Waals surface area contributed by atoms with Crippen LogP contribution in [0, 0.1) is 0 Å². The Morgan fingerprint density at radius 1 is 1.42 bits per heavy atom. The van der Waals surface area contributed by atoms with Crippen LogP contribution in [0.3, 0.4) is 0 Å². The lowest BCUT2D eigenvalue weighted by Gasteiger charge is -2.15. The van der Waals surface area contributed by atoms with Gasteiger partial charge >= 0.3 is 5.97 Å². The fourth-order valence-corrected chi connectivity index (χ4v) is 3.06. The lowest BCUT2D eigenvalue weighted by atomic mass is 10.1. The van der Waals surface area contributed by atoms with E-state index >= 15 is 0 Å². The molecule has 0 atom stereocenters. The summed E-state index contributed by atoms with van der Waals surface area (Å²) >= 11 is 6.06. The molecule has 0 amide bonds. The van der Waals surface area contributed by atoms with Crippen molar-refractivity contribution in [1.29, 1.82) is 0 Å². The zero-order valence-electron chi connectivity index (χ0n) is 13.3. The molecule has 1 heterocycles. The number of esters is 1. The van der Waals surface area contributed by atoms with Crippen LogP contribution < -0.4 is 16.1 Å². The molecular formula is C17H18ClN3O3. The van der Waals surface area contributed by atoms with Crippen molar-refractivity contribution < 1.29 is 14.4 Å². The molecule has 0 fully saturated rings. The molecular weight excluding hydrogens is 330 g/mol. The third kappa shape index (κ3) is 3.16. The Balaban J connectivity index is 2.02. The molecule has 2 aromatic rings. The van der Waals surface area contributed by atoms with Crippen LogP contribution in [0.25, 0.3) is 0 Å². The molecule has 1 aliphatic carbocycles. The van der Waals surface area contributed by atoms with Gasteiger partial charge in [-0.1, -0.05) is 23.7 Å². The Hall–Kier alpha value is -2.31. The third-order valence-electron chi connectivity index (χ3n) is 3.97. The van der Waals surface area contributed by atoms with Crippen molar-refractivity contribution in [2.75, 3.05) is 11.9 Å². The molecule has 0 unspecified atom stereocenters. The number of hydrogen-bond acceptors (Lipinski definition) is 6. The summed E-state index contributed by atoms with van der Waals surface area (Å²) in [4.78, 5) is 21.1. The molecule has 0 saturated carbocycles. The van der Waals surface area contributed by atoms with Gasteiger partial charge in [0, 0.05) is 11.8 Å². The fraction of sp³-hybridized carbons (Fsp3) is 0.294. The fourth-order valence-electron chi connectivity index (χ4n) is 2.88. The number of ether oxygens (including phenoxy) is 1. The van der Waals surface area contributed by atoms with Crippen LogP contribution in [0.2, 0.25) is 5.15 Å². The van der Waals surface area contributed by atoms with E-state index in [9.17, 15) is 4.79 Å². The topological polar surface area (TPSA) is 86.5 Å². The van der Waals surface area contributed by atoms with Crippen LogP contribution in [0.15, 0.2) is 24.3 Å². The maximum absolute atomic E-state index is 12.2. The third-order valence-corrected chi connectivity index (χ3v) is 4.24. The number of aromatic nitrogens is 1. The van der Waals surface area contributed by atoms with E-state index in [1.54, 1.807) is 6.92 Å². The van der Waals surface area contributed by atoms with Gasteiger partial charge in [-0.15, -0.1) is 0 Å². The summed E-state index contributed by atoms with van der Waals surface area (Å²) in [5, 5.41) is 3.28. The molecule has 0 radical (unpaired) electrons. The number of pyridine rings is 1. The number of hydrogen-bond donors (Lipinski definition) is 2. The Morgan fingerprint density at radius 2 is 2.25 bits per heavy atom. The number of anilines is 2. The summed E-state index contributed by atoms with van der Waals surface area (Å²) in [6.45, 7) is 1.99. The predicted molar refractivity (Wildman–Crippen MR) is 91.8 cm³/mol. The van der Waals surface area contributed by atoms with Crippen LogP contribution in [-0.2, 0) is 17.6 Å². The van der Waals surface area contributed by atoms with E-state index in [4.69, 9.17) is 22.2 Å². The quantitative estimate of drug-likeness (QED) is 0.490. The second-order valence-electron chi connectivity index (χ2n) is 5.43. The van der Waals surface area contributed by atoms with Gasteiger partial charge in [0.1, 0.15) is 11.4 Å². The van der Waals surface area contributed by atoms with Crippen molar-refractivity contribution in [2.45, 2.75) is 26.2 Å². The van der Waals surface area contributed by atoms with Gasteiger partial charge in [-0.25, -0.2) is 9.78 Å². The first kappa shape index (κ1) is 16.5. The standard InChI is InChI=1S/C17H18ClN3O3/c1-2-23-17(22)12-9-14(24-19)15(18)21-16(12)20-13-8-4-6-10-5-3-7-11(10)13/h4,6,8-9H,2-3,5,7,19H2,1H3,(H,20,21). The van der Waals surface area contributed by atoms with E-state index in [1.165, 1.54) is 17.2 Å². The smallest absolute Gasteiger partial charge is 0.342 e. The number of carbonyl (C=O) groups excluding carboxylic acids is 1. The molecule has 0 saturated heterocycles. The molecule has 1 aromatic heterocycles. The largest absolute Gasteiger partial charge is 0.462 e. The predicted octanol–water partition coefficient (Wildman–Crippen LogP) is 3.40. The summed E-state index contributed by atoms with van der Waals surface area (Å²) in [5.41, 5.74) is 3.69. The second-order valence-corrected chi connectivity index (χ2v) is 5.79. The first-order chi connectivity index (χ1) is 11.6. The number of benzene rings is 1. The van der Waals surface area contributed by atoms with E-state index in [-0.39, 0.29) is 23.1 Å². The van der Waals surface area contributed by atoms with Gasteiger partial charge < -0.3 is 14.9 Å². The highest BCUT2D eigenvalue weighted by molar-refractivity contribution is 6.31. The Bertz CT molecular complexity index is 780. The van der Waals surface area contributed by atoms with Crippen LogP contribution in [-0.4, -0.2) is 17.6 Å². The van der Waals surface area contributed by atoms with Crippen molar-refractivity contribution in [3.05, 3.63) is 46.1 Å². The molecule has 7 heteroatoms. The van der Waals surface area contributed by atoms with Gasteiger partial charge in [0.15, 0.2) is 10.9 Å².